The Kier molecular flexibility index (Phi) is 4.71. The molecule has 0 saturated heterocycles. The summed E-state index contributed by atoms with van der Waals surface area (Å²) in [5.74, 6) is 0.861. The quantitative estimate of drug-likeness (QED) is 0.846. The van der Waals surface area contributed by atoms with Crippen molar-refractivity contribution in [2.45, 2.75) is 37.3 Å². The van der Waals surface area contributed by atoms with E-state index in [1.165, 1.54) is 5.56 Å². The Hall–Kier alpha value is -0.780. The van der Waals surface area contributed by atoms with Crippen LogP contribution in [0.3, 0.4) is 0 Å². The first-order valence-electron chi connectivity index (χ1n) is 6.09. The molecule has 1 aromatic heterocycles. The fraction of sp³-hybridized carbons (Fsp3) is 0.357. The molecule has 0 fully saturated rings. The first kappa shape index (κ1) is 14.6. The van der Waals surface area contributed by atoms with Gasteiger partial charge in [0.2, 0.25) is 0 Å². The van der Waals surface area contributed by atoms with Crippen molar-refractivity contribution in [3.05, 3.63) is 45.8 Å². The highest BCUT2D eigenvalue weighted by Crippen LogP contribution is 2.38. The van der Waals surface area contributed by atoms with Crippen LogP contribution >= 0.6 is 27.7 Å². The van der Waals surface area contributed by atoms with Gasteiger partial charge >= 0.3 is 0 Å². The highest BCUT2D eigenvalue weighted by atomic mass is 79.9. The van der Waals surface area contributed by atoms with E-state index in [1.807, 2.05) is 32.9 Å². The van der Waals surface area contributed by atoms with Crippen molar-refractivity contribution in [1.82, 2.24) is 4.98 Å². The largest absolute Gasteiger partial charge is 0.437 e. The zero-order chi connectivity index (χ0) is 14.0. The topological polar surface area (TPSA) is 52.0 Å². The van der Waals surface area contributed by atoms with Crippen molar-refractivity contribution >= 4 is 27.7 Å². The molecule has 0 aliphatic rings. The minimum absolute atomic E-state index is 0.00631. The number of rotatable bonds is 4. The lowest BCUT2D eigenvalue weighted by atomic mass is 10.1. The maximum Gasteiger partial charge on any atom is 0.256 e. The van der Waals surface area contributed by atoms with Crippen molar-refractivity contribution in [2.75, 3.05) is 0 Å². The fourth-order valence-corrected chi connectivity index (χ4v) is 3.26. The Morgan fingerprint density at radius 2 is 2.11 bits per heavy atom. The number of thioether (sulfide) groups is 1. The Bertz CT molecular complexity index is 549. The lowest BCUT2D eigenvalue weighted by Gasteiger charge is -2.19. The van der Waals surface area contributed by atoms with E-state index < -0.39 is 0 Å². The number of benzene rings is 1. The van der Waals surface area contributed by atoms with Crippen LogP contribution in [0, 0.1) is 13.8 Å². The Morgan fingerprint density at radius 3 is 2.63 bits per heavy atom. The maximum atomic E-state index is 6.11. The maximum absolute atomic E-state index is 6.11. The number of halogens is 1. The van der Waals surface area contributed by atoms with Crippen molar-refractivity contribution in [3.8, 4) is 0 Å². The molecule has 0 bridgehead atoms. The average Bonchev–Trinajstić information content (AvgIpc) is 2.65. The summed E-state index contributed by atoms with van der Waals surface area (Å²) in [5.41, 5.74) is 8.21. The van der Waals surface area contributed by atoms with Crippen LogP contribution in [0.1, 0.15) is 29.2 Å². The van der Waals surface area contributed by atoms with Crippen LogP contribution in [-0.2, 0) is 0 Å². The average molecular weight is 341 g/mol. The second-order valence-electron chi connectivity index (χ2n) is 4.57. The summed E-state index contributed by atoms with van der Waals surface area (Å²) in [6, 6.07) is 8.19. The fourth-order valence-electron chi connectivity index (χ4n) is 1.76. The van der Waals surface area contributed by atoms with Gasteiger partial charge in [-0.2, -0.15) is 0 Å². The summed E-state index contributed by atoms with van der Waals surface area (Å²) >= 11 is 5.06. The number of aromatic nitrogens is 1. The van der Waals surface area contributed by atoms with Crippen LogP contribution in [0.2, 0.25) is 0 Å². The highest BCUT2D eigenvalue weighted by molar-refractivity contribution is 9.10. The lowest BCUT2D eigenvalue weighted by molar-refractivity contribution is 0.429. The van der Waals surface area contributed by atoms with Gasteiger partial charge in [-0.25, -0.2) is 4.98 Å². The van der Waals surface area contributed by atoms with E-state index in [-0.39, 0.29) is 11.3 Å². The summed E-state index contributed by atoms with van der Waals surface area (Å²) in [7, 11) is 0. The minimum Gasteiger partial charge on any atom is -0.437 e. The SMILES string of the molecule is Cc1nc(SC(c2cccc(Br)c2)C(C)N)oc1C. The second-order valence-corrected chi connectivity index (χ2v) is 6.58. The van der Waals surface area contributed by atoms with Gasteiger partial charge in [0.05, 0.1) is 10.9 Å². The molecular formula is C14H17BrN2OS. The van der Waals surface area contributed by atoms with E-state index in [2.05, 4.69) is 33.0 Å². The zero-order valence-corrected chi connectivity index (χ0v) is 13.6. The molecular weight excluding hydrogens is 324 g/mol. The molecule has 0 spiro atoms. The normalized spacial score (nSPS) is 14.4. The smallest absolute Gasteiger partial charge is 0.256 e. The lowest BCUT2D eigenvalue weighted by Crippen LogP contribution is -2.22. The van der Waals surface area contributed by atoms with Crippen LogP contribution in [0.15, 0.2) is 38.4 Å². The van der Waals surface area contributed by atoms with Crippen molar-refractivity contribution < 1.29 is 4.42 Å². The molecule has 1 aromatic carbocycles. The third kappa shape index (κ3) is 3.61. The van der Waals surface area contributed by atoms with Gasteiger partial charge < -0.3 is 10.2 Å². The van der Waals surface area contributed by atoms with Crippen LogP contribution in [-0.4, -0.2) is 11.0 Å². The van der Waals surface area contributed by atoms with Gasteiger partial charge in [-0.15, -0.1) is 0 Å². The van der Waals surface area contributed by atoms with E-state index in [1.54, 1.807) is 11.8 Å². The van der Waals surface area contributed by atoms with E-state index in [9.17, 15) is 0 Å². The van der Waals surface area contributed by atoms with Crippen molar-refractivity contribution in [2.24, 2.45) is 5.73 Å². The molecule has 0 amide bonds. The number of hydrogen-bond acceptors (Lipinski definition) is 4. The third-order valence-electron chi connectivity index (χ3n) is 2.89. The number of hydrogen-bond donors (Lipinski definition) is 1. The van der Waals surface area contributed by atoms with Crippen LogP contribution in [0.5, 0.6) is 0 Å². The monoisotopic (exact) mass is 340 g/mol. The molecule has 102 valence electrons. The summed E-state index contributed by atoms with van der Waals surface area (Å²) in [6.07, 6.45) is 0. The third-order valence-corrected chi connectivity index (χ3v) is 4.72. The molecule has 2 rings (SSSR count). The summed E-state index contributed by atoms with van der Waals surface area (Å²) in [4.78, 5) is 4.41. The first-order valence-corrected chi connectivity index (χ1v) is 7.76. The van der Waals surface area contributed by atoms with Gasteiger partial charge in [0.1, 0.15) is 5.76 Å². The van der Waals surface area contributed by atoms with Gasteiger partial charge in [-0.1, -0.05) is 39.8 Å². The molecule has 2 unspecified atom stereocenters. The van der Waals surface area contributed by atoms with Crippen LogP contribution < -0.4 is 5.73 Å². The molecule has 3 nitrogen and oxygen atoms in total. The number of oxazole rings is 1. The number of aryl methyl sites for hydroxylation is 2. The van der Waals surface area contributed by atoms with Gasteiger partial charge in [0.25, 0.3) is 5.22 Å². The molecule has 2 N–H and O–H groups in total. The van der Waals surface area contributed by atoms with Gasteiger partial charge in [-0.05, 0) is 38.5 Å². The predicted molar refractivity (Wildman–Crippen MR) is 82.4 cm³/mol. The molecule has 1 heterocycles. The first-order chi connectivity index (χ1) is 8.97. The van der Waals surface area contributed by atoms with Gasteiger partial charge in [0, 0.05) is 10.5 Å². The summed E-state index contributed by atoms with van der Waals surface area (Å²) in [5, 5.41) is 0.798. The molecule has 2 aromatic rings. The Labute approximate surface area is 126 Å². The molecule has 0 radical (unpaired) electrons. The van der Waals surface area contributed by atoms with E-state index in [0.29, 0.717) is 5.22 Å². The van der Waals surface area contributed by atoms with E-state index in [0.717, 1.165) is 15.9 Å². The van der Waals surface area contributed by atoms with E-state index in [4.69, 9.17) is 10.2 Å². The Balaban J connectivity index is 2.26. The molecule has 0 saturated carbocycles. The summed E-state index contributed by atoms with van der Waals surface area (Å²) in [6.45, 7) is 5.87. The second kappa shape index (κ2) is 6.11. The molecule has 19 heavy (non-hydrogen) atoms. The van der Waals surface area contributed by atoms with Crippen molar-refractivity contribution in [3.63, 3.8) is 0 Å². The van der Waals surface area contributed by atoms with Gasteiger partial charge in [0.15, 0.2) is 0 Å². The van der Waals surface area contributed by atoms with Crippen molar-refractivity contribution in [1.29, 1.82) is 0 Å². The molecule has 5 heteroatoms. The van der Waals surface area contributed by atoms with Crippen LogP contribution in [0.4, 0.5) is 0 Å². The molecule has 0 aliphatic carbocycles. The predicted octanol–water partition coefficient (Wildman–Crippen LogP) is 4.23. The number of nitrogens with zero attached hydrogens (tertiary/aromatic N) is 1. The molecule has 2 atom stereocenters. The standard InChI is InChI=1S/C14H17BrN2OS/c1-8(16)13(11-5-4-6-12(15)7-11)19-14-17-9(2)10(3)18-14/h4-8,13H,16H2,1-3H3. The zero-order valence-electron chi connectivity index (χ0n) is 11.2. The minimum atomic E-state index is 0.00631. The summed E-state index contributed by atoms with van der Waals surface area (Å²) < 4.78 is 6.68. The van der Waals surface area contributed by atoms with Gasteiger partial charge in [-0.3, -0.25) is 0 Å². The number of nitrogens with two attached hydrogens (primary N) is 1. The molecule has 0 aliphatic heterocycles. The van der Waals surface area contributed by atoms with Crippen LogP contribution in [0.25, 0.3) is 0 Å². The van der Waals surface area contributed by atoms with E-state index >= 15 is 0 Å². The Morgan fingerprint density at radius 1 is 1.37 bits per heavy atom. The highest BCUT2D eigenvalue weighted by Gasteiger charge is 2.21.